The van der Waals surface area contributed by atoms with E-state index in [1.807, 2.05) is 6.92 Å². The third-order valence-corrected chi connectivity index (χ3v) is 3.13. The Bertz CT molecular complexity index is 627. The van der Waals surface area contributed by atoms with Gasteiger partial charge in [-0.15, -0.1) is 21.8 Å². The highest BCUT2D eigenvalue weighted by atomic mass is 35.5. The van der Waals surface area contributed by atoms with E-state index < -0.39 is 4.92 Å². The number of aromatic nitrogens is 3. The number of rotatable bonds is 4. The number of nitro groups is 1. The summed E-state index contributed by atoms with van der Waals surface area (Å²) in [6, 6.07) is 4.44. The minimum atomic E-state index is -0.490. The maximum absolute atomic E-state index is 11.1. The van der Waals surface area contributed by atoms with Gasteiger partial charge in [0.15, 0.2) is 5.82 Å². The van der Waals surface area contributed by atoms with Crippen LogP contribution in [0.2, 0.25) is 5.02 Å². The van der Waals surface area contributed by atoms with Crippen LogP contribution in [0.3, 0.4) is 0 Å². The predicted octanol–water partition coefficient (Wildman–Crippen LogP) is 3.27. The van der Waals surface area contributed by atoms with Gasteiger partial charge in [-0.05, 0) is 19.1 Å². The Balaban J connectivity index is 2.65. The molecule has 0 unspecified atom stereocenters. The first kappa shape index (κ1) is 13.8. The quantitative estimate of drug-likeness (QED) is 0.493. The summed E-state index contributed by atoms with van der Waals surface area (Å²) in [5.74, 6) is 1.19. The topological polar surface area (TPSA) is 73.8 Å². The molecule has 0 amide bonds. The summed E-state index contributed by atoms with van der Waals surface area (Å²) in [4.78, 5) is 10.6. The average Bonchev–Trinajstić information content (AvgIpc) is 2.81. The predicted molar refractivity (Wildman–Crippen MR) is 72.4 cm³/mol. The van der Waals surface area contributed by atoms with Crippen LogP contribution in [-0.4, -0.2) is 19.7 Å². The molecular formula is C11H10Cl2N4O2. The molecular weight excluding hydrogens is 291 g/mol. The van der Waals surface area contributed by atoms with Crippen molar-refractivity contribution in [1.29, 1.82) is 0 Å². The van der Waals surface area contributed by atoms with Crippen LogP contribution in [0.5, 0.6) is 0 Å². The van der Waals surface area contributed by atoms with Gasteiger partial charge in [0, 0.05) is 17.6 Å². The van der Waals surface area contributed by atoms with Gasteiger partial charge in [-0.2, -0.15) is 0 Å². The van der Waals surface area contributed by atoms with Gasteiger partial charge in [-0.3, -0.25) is 10.1 Å². The summed E-state index contributed by atoms with van der Waals surface area (Å²) in [6.07, 6.45) is 0. The zero-order chi connectivity index (χ0) is 14.0. The zero-order valence-electron chi connectivity index (χ0n) is 10.0. The van der Waals surface area contributed by atoms with Gasteiger partial charge >= 0.3 is 0 Å². The molecule has 6 nitrogen and oxygen atoms in total. The molecule has 0 radical (unpaired) electrons. The van der Waals surface area contributed by atoms with Gasteiger partial charge in [-0.25, -0.2) is 0 Å². The summed E-state index contributed by atoms with van der Waals surface area (Å²) in [5, 5.41) is 19.3. The van der Waals surface area contributed by atoms with E-state index in [1.54, 1.807) is 16.7 Å². The largest absolute Gasteiger partial charge is 0.310 e. The van der Waals surface area contributed by atoms with Gasteiger partial charge in [0.2, 0.25) is 0 Å². The second-order valence-corrected chi connectivity index (χ2v) is 4.44. The number of benzene rings is 1. The summed E-state index contributed by atoms with van der Waals surface area (Å²) >= 11 is 11.5. The molecule has 0 N–H and O–H groups in total. The molecule has 100 valence electrons. The van der Waals surface area contributed by atoms with Crippen molar-refractivity contribution in [3.8, 4) is 11.4 Å². The monoisotopic (exact) mass is 300 g/mol. The van der Waals surface area contributed by atoms with Gasteiger partial charge < -0.3 is 4.57 Å². The fourth-order valence-electron chi connectivity index (χ4n) is 1.81. The van der Waals surface area contributed by atoms with Crippen molar-refractivity contribution in [2.45, 2.75) is 19.3 Å². The van der Waals surface area contributed by atoms with Crippen molar-refractivity contribution in [3.05, 3.63) is 39.2 Å². The smallest absolute Gasteiger partial charge is 0.281 e. The van der Waals surface area contributed by atoms with Gasteiger partial charge in [0.1, 0.15) is 5.82 Å². The molecule has 0 aliphatic carbocycles. The molecule has 0 aliphatic heterocycles. The lowest BCUT2D eigenvalue weighted by molar-refractivity contribution is -0.384. The van der Waals surface area contributed by atoms with Crippen molar-refractivity contribution < 1.29 is 4.92 Å². The van der Waals surface area contributed by atoms with Gasteiger partial charge in [-0.1, -0.05) is 11.6 Å². The summed E-state index contributed by atoms with van der Waals surface area (Å²) in [7, 11) is 0. The van der Waals surface area contributed by atoms with Crippen molar-refractivity contribution in [3.63, 3.8) is 0 Å². The number of nitrogens with zero attached hydrogens (tertiary/aromatic N) is 4. The van der Waals surface area contributed by atoms with Crippen LogP contribution in [-0.2, 0) is 12.4 Å². The molecule has 0 spiro atoms. The molecule has 1 aromatic carbocycles. The maximum Gasteiger partial charge on any atom is 0.281 e. The summed E-state index contributed by atoms with van der Waals surface area (Å²) < 4.78 is 1.74. The van der Waals surface area contributed by atoms with E-state index in [-0.39, 0.29) is 11.6 Å². The minimum Gasteiger partial charge on any atom is -0.310 e. The normalized spacial score (nSPS) is 10.7. The number of hydrogen-bond donors (Lipinski definition) is 0. The Hall–Kier alpha value is -1.66. The Kier molecular flexibility index (Phi) is 4.01. The fraction of sp³-hybridized carbons (Fsp3) is 0.273. The first-order chi connectivity index (χ1) is 9.08. The van der Waals surface area contributed by atoms with Crippen LogP contribution in [0.15, 0.2) is 18.2 Å². The van der Waals surface area contributed by atoms with Crippen molar-refractivity contribution in [2.75, 3.05) is 0 Å². The second-order valence-electron chi connectivity index (χ2n) is 3.74. The zero-order valence-corrected chi connectivity index (χ0v) is 11.5. The van der Waals surface area contributed by atoms with E-state index in [1.165, 1.54) is 6.07 Å². The Labute approximate surface area is 119 Å². The third-order valence-electron chi connectivity index (χ3n) is 2.66. The van der Waals surface area contributed by atoms with Crippen LogP contribution in [0.1, 0.15) is 12.7 Å². The summed E-state index contributed by atoms with van der Waals surface area (Å²) in [6.45, 7) is 2.47. The van der Waals surface area contributed by atoms with Crippen LogP contribution < -0.4 is 0 Å². The highest BCUT2D eigenvalue weighted by Crippen LogP contribution is 2.31. The molecule has 0 atom stereocenters. The highest BCUT2D eigenvalue weighted by Gasteiger charge is 2.21. The molecule has 2 aromatic rings. The van der Waals surface area contributed by atoms with E-state index >= 15 is 0 Å². The number of hydrogen-bond acceptors (Lipinski definition) is 4. The molecule has 1 aromatic heterocycles. The molecule has 0 fully saturated rings. The molecule has 8 heteroatoms. The fourth-order valence-corrected chi connectivity index (χ4v) is 2.17. The van der Waals surface area contributed by atoms with E-state index in [0.717, 1.165) is 0 Å². The molecule has 0 aliphatic rings. The van der Waals surface area contributed by atoms with E-state index in [9.17, 15) is 10.1 Å². The van der Waals surface area contributed by atoms with Crippen LogP contribution in [0.4, 0.5) is 5.69 Å². The van der Waals surface area contributed by atoms with Crippen molar-refractivity contribution >= 4 is 28.9 Å². The van der Waals surface area contributed by atoms with E-state index in [4.69, 9.17) is 23.2 Å². The number of alkyl halides is 1. The van der Waals surface area contributed by atoms with Crippen molar-refractivity contribution in [2.24, 2.45) is 0 Å². The number of halogens is 2. The lowest BCUT2D eigenvalue weighted by Gasteiger charge is -2.06. The standard InChI is InChI=1S/C11H10Cl2N4O2/c1-2-16-10(6-12)14-15-11(16)8-4-3-7(13)5-9(8)17(18)19/h3-5H,2,6H2,1H3. The highest BCUT2D eigenvalue weighted by molar-refractivity contribution is 6.30. The third kappa shape index (κ3) is 2.54. The van der Waals surface area contributed by atoms with Crippen LogP contribution in [0, 0.1) is 10.1 Å². The van der Waals surface area contributed by atoms with Crippen LogP contribution >= 0.6 is 23.2 Å². The maximum atomic E-state index is 11.1. The molecule has 2 rings (SSSR count). The SMILES string of the molecule is CCn1c(CCl)nnc1-c1ccc(Cl)cc1[N+](=O)[O-]. The van der Waals surface area contributed by atoms with E-state index in [0.29, 0.717) is 28.8 Å². The molecule has 1 heterocycles. The molecule has 0 saturated carbocycles. The Morgan fingerprint density at radius 2 is 2.16 bits per heavy atom. The molecule has 0 bridgehead atoms. The first-order valence-corrected chi connectivity index (χ1v) is 6.42. The average molecular weight is 301 g/mol. The van der Waals surface area contributed by atoms with E-state index in [2.05, 4.69) is 10.2 Å². The second kappa shape index (κ2) is 5.54. The summed E-state index contributed by atoms with van der Waals surface area (Å²) in [5.41, 5.74) is 0.274. The first-order valence-electron chi connectivity index (χ1n) is 5.50. The molecule has 0 saturated heterocycles. The lowest BCUT2D eigenvalue weighted by atomic mass is 10.1. The van der Waals surface area contributed by atoms with Gasteiger partial charge in [0.25, 0.3) is 5.69 Å². The lowest BCUT2D eigenvalue weighted by Crippen LogP contribution is -2.03. The number of nitro benzene ring substituents is 1. The minimum absolute atomic E-state index is 0.101. The van der Waals surface area contributed by atoms with Crippen LogP contribution in [0.25, 0.3) is 11.4 Å². The molecule has 19 heavy (non-hydrogen) atoms. The van der Waals surface area contributed by atoms with Crippen molar-refractivity contribution in [1.82, 2.24) is 14.8 Å². The Morgan fingerprint density at radius 3 is 2.74 bits per heavy atom. The Morgan fingerprint density at radius 1 is 1.42 bits per heavy atom. The van der Waals surface area contributed by atoms with Gasteiger partial charge in [0.05, 0.1) is 16.4 Å².